The van der Waals surface area contributed by atoms with Gasteiger partial charge in [0.05, 0.1) is 12.0 Å². The normalized spacial score (nSPS) is 11.5. The van der Waals surface area contributed by atoms with Crippen LogP contribution in [-0.4, -0.2) is 26.2 Å². The molecule has 4 nitrogen and oxygen atoms in total. The van der Waals surface area contributed by atoms with Gasteiger partial charge in [0.1, 0.15) is 0 Å². The second kappa shape index (κ2) is 7.85. The Bertz CT molecular complexity index is 795. The highest BCUT2D eigenvalue weighted by Gasteiger charge is 2.08. The zero-order chi connectivity index (χ0) is 17.7. The Balaban J connectivity index is 1.94. The first-order chi connectivity index (χ1) is 11.2. The molecule has 0 heterocycles. The van der Waals surface area contributed by atoms with Gasteiger partial charge in [0.2, 0.25) is 10.0 Å². The van der Waals surface area contributed by atoms with E-state index in [4.69, 9.17) is 0 Å². The van der Waals surface area contributed by atoms with Crippen LogP contribution in [0.15, 0.2) is 53.4 Å². The summed E-state index contributed by atoms with van der Waals surface area (Å²) in [5.41, 5.74) is 2.30. The van der Waals surface area contributed by atoms with Crippen LogP contribution in [0.3, 0.4) is 0 Å². The first kappa shape index (κ1) is 18.5. The summed E-state index contributed by atoms with van der Waals surface area (Å²) in [6.07, 6.45) is 1.09. The van der Waals surface area contributed by atoms with Crippen LogP contribution in [0.1, 0.15) is 35.7 Å². The van der Waals surface area contributed by atoms with Gasteiger partial charge in [0.25, 0.3) is 0 Å². The van der Waals surface area contributed by atoms with Crippen LogP contribution >= 0.6 is 11.8 Å². The van der Waals surface area contributed by atoms with Crippen LogP contribution in [0.5, 0.6) is 0 Å². The molecule has 2 aromatic rings. The van der Waals surface area contributed by atoms with Gasteiger partial charge >= 0.3 is 0 Å². The van der Waals surface area contributed by atoms with Crippen molar-refractivity contribution in [2.75, 3.05) is 16.7 Å². The molecule has 0 aliphatic carbocycles. The van der Waals surface area contributed by atoms with Crippen LogP contribution in [0, 0.1) is 0 Å². The number of Topliss-reactive ketones (excluding diaryl/α,β-unsaturated/α-hetero) is 1. The predicted molar refractivity (Wildman–Crippen MR) is 100 cm³/mol. The molecule has 0 saturated carbocycles. The van der Waals surface area contributed by atoms with Crippen LogP contribution in [0.2, 0.25) is 0 Å². The molecule has 1 N–H and O–H groups in total. The van der Waals surface area contributed by atoms with Crippen molar-refractivity contribution in [3.05, 3.63) is 59.7 Å². The van der Waals surface area contributed by atoms with E-state index in [1.165, 1.54) is 17.3 Å². The minimum absolute atomic E-state index is 0.0128. The summed E-state index contributed by atoms with van der Waals surface area (Å²) in [7, 11) is -3.31. The smallest absolute Gasteiger partial charge is 0.229 e. The Morgan fingerprint density at radius 2 is 1.62 bits per heavy atom. The van der Waals surface area contributed by atoms with E-state index in [1.807, 2.05) is 12.1 Å². The zero-order valence-corrected chi connectivity index (χ0v) is 15.6. The van der Waals surface area contributed by atoms with Crippen molar-refractivity contribution in [3.8, 4) is 0 Å². The first-order valence-electron chi connectivity index (χ1n) is 7.58. The molecule has 0 aliphatic rings. The lowest BCUT2D eigenvalue weighted by Crippen LogP contribution is -2.10. The topological polar surface area (TPSA) is 63.2 Å². The molecular weight excluding hydrogens is 342 g/mol. The standard InChI is InChI=1S/C18H21NO3S2/c1-13(2)14-6-10-17(11-7-14)23-12-18(20)15-4-8-16(9-5-15)19-24(3,21)22/h4-11,13,19H,12H2,1-3H3. The number of hydrogen-bond donors (Lipinski definition) is 1. The molecule has 0 radical (unpaired) electrons. The number of ketones is 1. The van der Waals surface area contributed by atoms with Gasteiger partial charge in [-0.2, -0.15) is 0 Å². The van der Waals surface area contributed by atoms with Crippen LogP contribution < -0.4 is 4.72 Å². The molecule has 0 aliphatic heterocycles. The first-order valence-corrected chi connectivity index (χ1v) is 10.5. The van der Waals surface area contributed by atoms with E-state index >= 15 is 0 Å². The molecular formula is C18H21NO3S2. The number of sulfonamides is 1. The van der Waals surface area contributed by atoms with Crippen molar-refractivity contribution in [1.29, 1.82) is 0 Å². The summed E-state index contributed by atoms with van der Waals surface area (Å²) in [4.78, 5) is 13.3. The fraction of sp³-hybridized carbons (Fsp3) is 0.278. The van der Waals surface area contributed by atoms with Crippen molar-refractivity contribution in [2.24, 2.45) is 0 Å². The Morgan fingerprint density at radius 1 is 1.04 bits per heavy atom. The minimum Gasteiger partial charge on any atom is -0.293 e. The number of carbonyl (C=O) groups is 1. The maximum absolute atomic E-state index is 12.2. The molecule has 0 atom stereocenters. The van der Waals surface area contributed by atoms with Crippen LogP contribution in [0.25, 0.3) is 0 Å². The average Bonchev–Trinajstić information content (AvgIpc) is 2.52. The van der Waals surface area contributed by atoms with Crippen molar-refractivity contribution in [2.45, 2.75) is 24.7 Å². The molecule has 0 aromatic heterocycles. The molecule has 0 saturated heterocycles. The number of nitrogens with one attached hydrogen (secondary N) is 1. The molecule has 2 rings (SSSR count). The molecule has 0 fully saturated rings. The van der Waals surface area contributed by atoms with Crippen molar-refractivity contribution >= 4 is 33.3 Å². The number of hydrogen-bond acceptors (Lipinski definition) is 4. The van der Waals surface area contributed by atoms with Gasteiger partial charge in [-0.15, -0.1) is 11.8 Å². The summed E-state index contributed by atoms with van der Waals surface area (Å²) >= 11 is 1.50. The Hall–Kier alpha value is -1.79. The number of carbonyl (C=O) groups excluding carboxylic acids is 1. The molecule has 128 valence electrons. The number of thioether (sulfide) groups is 1. The third kappa shape index (κ3) is 5.69. The molecule has 0 spiro atoms. The Kier molecular flexibility index (Phi) is 6.07. The highest BCUT2D eigenvalue weighted by molar-refractivity contribution is 8.00. The van der Waals surface area contributed by atoms with E-state index in [-0.39, 0.29) is 5.78 Å². The molecule has 6 heteroatoms. The van der Waals surface area contributed by atoms with Gasteiger partial charge in [0, 0.05) is 16.1 Å². The van der Waals surface area contributed by atoms with Gasteiger partial charge in [0.15, 0.2) is 5.78 Å². The molecule has 24 heavy (non-hydrogen) atoms. The van der Waals surface area contributed by atoms with Crippen LogP contribution in [0.4, 0.5) is 5.69 Å². The molecule has 0 unspecified atom stereocenters. The second-order valence-corrected chi connectivity index (χ2v) is 8.68. The van der Waals surface area contributed by atoms with E-state index in [1.54, 1.807) is 24.3 Å². The lowest BCUT2D eigenvalue weighted by atomic mass is 10.0. The summed E-state index contributed by atoms with van der Waals surface area (Å²) in [6, 6.07) is 14.7. The lowest BCUT2D eigenvalue weighted by Gasteiger charge is -2.07. The summed E-state index contributed by atoms with van der Waals surface area (Å²) in [6.45, 7) is 4.29. The third-order valence-corrected chi connectivity index (χ3v) is 5.05. The van der Waals surface area contributed by atoms with E-state index in [0.717, 1.165) is 11.2 Å². The summed E-state index contributed by atoms with van der Waals surface area (Å²) in [5, 5.41) is 0. The maximum atomic E-state index is 12.2. The van der Waals surface area contributed by atoms with Crippen molar-refractivity contribution < 1.29 is 13.2 Å². The highest BCUT2D eigenvalue weighted by atomic mass is 32.2. The fourth-order valence-corrected chi connectivity index (χ4v) is 3.48. The van der Waals surface area contributed by atoms with Crippen molar-refractivity contribution in [3.63, 3.8) is 0 Å². The fourth-order valence-electron chi connectivity index (χ4n) is 2.12. The quantitative estimate of drug-likeness (QED) is 0.593. The van der Waals surface area contributed by atoms with Gasteiger partial charge in [-0.1, -0.05) is 26.0 Å². The predicted octanol–water partition coefficient (Wildman–Crippen LogP) is 4.16. The monoisotopic (exact) mass is 363 g/mol. The molecule has 0 bridgehead atoms. The summed E-state index contributed by atoms with van der Waals surface area (Å²) < 4.78 is 24.7. The van der Waals surface area contributed by atoms with Gasteiger partial charge in [-0.05, 0) is 47.9 Å². The van der Waals surface area contributed by atoms with Crippen LogP contribution in [-0.2, 0) is 10.0 Å². The van der Waals surface area contributed by atoms with E-state index < -0.39 is 10.0 Å². The molecule has 2 aromatic carbocycles. The van der Waals surface area contributed by atoms with E-state index in [0.29, 0.717) is 22.9 Å². The Labute approximate surface area is 147 Å². The average molecular weight is 364 g/mol. The number of anilines is 1. The zero-order valence-electron chi connectivity index (χ0n) is 13.9. The van der Waals surface area contributed by atoms with E-state index in [2.05, 4.69) is 30.7 Å². The number of benzene rings is 2. The SMILES string of the molecule is CC(C)c1ccc(SCC(=O)c2ccc(NS(C)(=O)=O)cc2)cc1. The van der Waals surface area contributed by atoms with Crippen molar-refractivity contribution in [1.82, 2.24) is 0 Å². The minimum atomic E-state index is -3.31. The maximum Gasteiger partial charge on any atom is 0.229 e. The third-order valence-electron chi connectivity index (χ3n) is 3.43. The summed E-state index contributed by atoms with van der Waals surface area (Å²) in [5.74, 6) is 0.850. The molecule has 0 amide bonds. The Morgan fingerprint density at radius 3 is 2.12 bits per heavy atom. The highest BCUT2D eigenvalue weighted by Crippen LogP contribution is 2.23. The van der Waals surface area contributed by atoms with Gasteiger partial charge in [-0.25, -0.2) is 8.42 Å². The van der Waals surface area contributed by atoms with Gasteiger partial charge < -0.3 is 0 Å². The largest absolute Gasteiger partial charge is 0.293 e. The van der Waals surface area contributed by atoms with Gasteiger partial charge in [-0.3, -0.25) is 9.52 Å². The second-order valence-electron chi connectivity index (χ2n) is 5.89. The lowest BCUT2D eigenvalue weighted by molar-refractivity contribution is 0.102. The number of rotatable bonds is 7. The van der Waals surface area contributed by atoms with E-state index in [9.17, 15) is 13.2 Å².